The van der Waals surface area contributed by atoms with Crippen LogP contribution < -0.4 is 10.5 Å². The van der Waals surface area contributed by atoms with Gasteiger partial charge in [-0.05, 0) is 67.7 Å². The molecule has 0 radical (unpaired) electrons. The molecule has 3 nitrogen and oxygen atoms in total. The molecule has 3 rings (SSSR count). The molecule has 1 aromatic rings. The van der Waals surface area contributed by atoms with Crippen LogP contribution in [0.25, 0.3) is 0 Å². The summed E-state index contributed by atoms with van der Waals surface area (Å²) in [5.74, 6) is 1.32. The van der Waals surface area contributed by atoms with Crippen LogP contribution in [-0.2, 0) is 12.8 Å². The fraction of sp³-hybridized carbons (Fsp3) is 0.625. The Kier molecular flexibility index (Phi) is 3.50. The summed E-state index contributed by atoms with van der Waals surface area (Å²) in [7, 11) is 0. The van der Waals surface area contributed by atoms with Gasteiger partial charge in [0.15, 0.2) is 0 Å². The lowest BCUT2D eigenvalue weighted by Crippen LogP contribution is -2.51. The van der Waals surface area contributed by atoms with Crippen molar-refractivity contribution in [2.75, 3.05) is 13.2 Å². The highest BCUT2D eigenvalue weighted by molar-refractivity contribution is 5.37. The number of rotatable bonds is 5. The summed E-state index contributed by atoms with van der Waals surface area (Å²) < 4.78 is 5.84. The Hall–Kier alpha value is -1.06. The molecule has 1 fully saturated rings. The van der Waals surface area contributed by atoms with Crippen LogP contribution in [0.5, 0.6) is 5.75 Å². The Labute approximate surface area is 114 Å². The molecule has 0 bridgehead atoms. The van der Waals surface area contributed by atoms with Gasteiger partial charge in [0.2, 0.25) is 0 Å². The molecule has 2 aliphatic rings. The van der Waals surface area contributed by atoms with E-state index in [0.717, 1.165) is 25.0 Å². The molecule has 104 valence electrons. The standard InChI is InChI=1S/C16H23NO2/c17-16(10-18,14-6-7-14)11-19-15-8-5-12-3-1-2-4-13(12)9-15/h5,8-9,14,18H,1-4,6-7,10-11,17H2. The molecule has 1 atom stereocenters. The molecule has 19 heavy (non-hydrogen) atoms. The summed E-state index contributed by atoms with van der Waals surface area (Å²) >= 11 is 0. The van der Waals surface area contributed by atoms with Gasteiger partial charge in [-0.2, -0.15) is 0 Å². The van der Waals surface area contributed by atoms with Crippen LogP contribution >= 0.6 is 0 Å². The van der Waals surface area contributed by atoms with Crippen LogP contribution in [0, 0.1) is 5.92 Å². The van der Waals surface area contributed by atoms with E-state index in [1.807, 2.05) is 6.07 Å². The fourth-order valence-corrected chi connectivity index (χ4v) is 2.97. The number of hydrogen-bond donors (Lipinski definition) is 2. The van der Waals surface area contributed by atoms with E-state index in [1.54, 1.807) is 0 Å². The Morgan fingerprint density at radius 1 is 1.21 bits per heavy atom. The highest BCUT2D eigenvalue weighted by atomic mass is 16.5. The first-order chi connectivity index (χ1) is 9.21. The molecule has 0 spiro atoms. The van der Waals surface area contributed by atoms with Crippen molar-refractivity contribution >= 4 is 0 Å². The molecule has 2 aliphatic carbocycles. The number of nitrogens with two attached hydrogens (primary N) is 1. The number of aliphatic hydroxyl groups is 1. The van der Waals surface area contributed by atoms with Crippen LogP contribution in [0.4, 0.5) is 0 Å². The van der Waals surface area contributed by atoms with E-state index in [-0.39, 0.29) is 6.61 Å². The average Bonchev–Trinajstić information content (AvgIpc) is 3.29. The van der Waals surface area contributed by atoms with E-state index >= 15 is 0 Å². The minimum Gasteiger partial charge on any atom is -0.492 e. The topological polar surface area (TPSA) is 55.5 Å². The number of benzene rings is 1. The van der Waals surface area contributed by atoms with Crippen LogP contribution in [0.15, 0.2) is 18.2 Å². The number of ether oxygens (including phenoxy) is 1. The quantitative estimate of drug-likeness (QED) is 0.853. The lowest BCUT2D eigenvalue weighted by molar-refractivity contribution is 0.117. The molecular weight excluding hydrogens is 238 g/mol. The molecular formula is C16H23NO2. The van der Waals surface area contributed by atoms with E-state index in [0.29, 0.717) is 12.5 Å². The van der Waals surface area contributed by atoms with Crippen molar-refractivity contribution in [2.24, 2.45) is 11.7 Å². The van der Waals surface area contributed by atoms with Crippen molar-refractivity contribution in [1.82, 2.24) is 0 Å². The molecule has 1 unspecified atom stereocenters. The Balaban J connectivity index is 1.66. The summed E-state index contributed by atoms with van der Waals surface area (Å²) in [5, 5.41) is 9.46. The fourth-order valence-electron chi connectivity index (χ4n) is 2.97. The van der Waals surface area contributed by atoms with Crippen molar-refractivity contribution in [3.8, 4) is 5.75 Å². The van der Waals surface area contributed by atoms with Gasteiger partial charge in [-0.1, -0.05) is 6.07 Å². The zero-order valence-corrected chi connectivity index (χ0v) is 11.4. The van der Waals surface area contributed by atoms with E-state index in [2.05, 4.69) is 12.1 Å². The summed E-state index contributed by atoms with van der Waals surface area (Å²) in [4.78, 5) is 0. The number of aryl methyl sites for hydroxylation is 2. The largest absolute Gasteiger partial charge is 0.492 e. The van der Waals surface area contributed by atoms with E-state index < -0.39 is 5.54 Å². The molecule has 0 aromatic heterocycles. The van der Waals surface area contributed by atoms with Crippen molar-refractivity contribution in [3.63, 3.8) is 0 Å². The maximum atomic E-state index is 9.46. The maximum Gasteiger partial charge on any atom is 0.119 e. The van der Waals surface area contributed by atoms with Crippen LogP contribution in [0.3, 0.4) is 0 Å². The first-order valence-corrected chi connectivity index (χ1v) is 7.36. The Bertz CT molecular complexity index is 456. The molecule has 0 amide bonds. The van der Waals surface area contributed by atoms with Crippen molar-refractivity contribution in [1.29, 1.82) is 0 Å². The zero-order chi connectivity index (χ0) is 13.3. The third-order valence-electron chi connectivity index (χ3n) is 4.51. The highest BCUT2D eigenvalue weighted by Crippen LogP contribution is 2.38. The van der Waals surface area contributed by atoms with Gasteiger partial charge in [0.25, 0.3) is 0 Å². The summed E-state index contributed by atoms with van der Waals surface area (Å²) in [5.41, 5.74) is 8.53. The van der Waals surface area contributed by atoms with Gasteiger partial charge >= 0.3 is 0 Å². The van der Waals surface area contributed by atoms with Crippen molar-refractivity contribution in [3.05, 3.63) is 29.3 Å². The summed E-state index contributed by atoms with van der Waals surface area (Å²) in [6.45, 7) is 0.412. The second-order valence-corrected chi connectivity index (χ2v) is 6.09. The van der Waals surface area contributed by atoms with E-state index in [1.165, 1.54) is 30.4 Å². The van der Waals surface area contributed by atoms with Crippen LogP contribution in [0.2, 0.25) is 0 Å². The molecule has 0 saturated heterocycles. The normalized spacial score (nSPS) is 21.6. The van der Waals surface area contributed by atoms with Gasteiger partial charge in [0.1, 0.15) is 12.4 Å². The smallest absolute Gasteiger partial charge is 0.119 e. The first-order valence-electron chi connectivity index (χ1n) is 7.36. The predicted octanol–water partition coefficient (Wildman–Crippen LogP) is 2.04. The number of aliphatic hydroxyl groups excluding tert-OH is 1. The lowest BCUT2D eigenvalue weighted by atomic mass is 9.91. The second kappa shape index (κ2) is 5.14. The monoisotopic (exact) mass is 261 g/mol. The third-order valence-corrected chi connectivity index (χ3v) is 4.51. The zero-order valence-electron chi connectivity index (χ0n) is 11.4. The average molecular weight is 261 g/mol. The van der Waals surface area contributed by atoms with E-state index in [4.69, 9.17) is 10.5 Å². The van der Waals surface area contributed by atoms with Crippen LogP contribution in [0.1, 0.15) is 36.8 Å². The summed E-state index contributed by atoms with van der Waals surface area (Å²) in [6, 6.07) is 6.37. The van der Waals surface area contributed by atoms with Gasteiger partial charge in [-0.15, -0.1) is 0 Å². The van der Waals surface area contributed by atoms with Crippen molar-refractivity contribution < 1.29 is 9.84 Å². The lowest BCUT2D eigenvalue weighted by Gasteiger charge is -2.27. The first kappa shape index (κ1) is 12.9. The molecule has 3 N–H and O–H groups in total. The van der Waals surface area contributed by atoms with Gasteiger partial charge in [-0.3, -0.25) is 0 Å². The second-order valence-electron chi connectivity index (χ2n) is 6.09. The number of hydrogen-bond acceptors (Lipinski definition) is 3. The Morgan fingerprint density at radius 2 is 1.95 bits per heavy atom. The minimum atomic E-state index is -0.560. The number of fused-ring (bicyclic) bond motifs is 1. The van der Waals surface area contributed by atoms with Gasteiger partial charge in [-0.25, -0.2) is 0 Å². The molecule has 0 aliphatic heterocycles. The summed E-state index contributed by atoms with van der Waals surface area (Å²) in [6.07, 6.45) is 7.15. The van der Waals surface area contributed by atoms with E-state index in [9.17, 15) is 5.11 Å². The molecule has 1 aromatic carbocycles. The van der Waals surface area contributed by atoms with Gasteiger partial charge < -0.3 is 15.6 Å². The van der Waals surface area contributed by atoms with Gasteiger partial charge in [0.05, 0.1) is 12.1 Å². The third kappa shape index (κ3) is 2.77. The highest BCUT2D eigenvalue weighted by Gasteiger charge is 2.42. The Morgan fingerprint density at radius 3 is 2.63 bits per heavy atom. The molecule has 1 saturated carbocycles. The SMILES string of the molecule is NC(CO)(COc1ccc2c(c1)CCCC2)C1CC1. The predicted molar refractivity (Wildman–Crippen MR) is 75.3 cm³/mol. The molecule has 3 heteroatoms. The van der Waals surface area contributed by atoms with Crippen molar-refractivity contribution in [2.45, 2.75) is 44.1 Å². The van der Waals surface area contributed by atoms with Gasteiger partial charge in [0, 0.05) is 0 Å². The minimum absolute atomic E-state index is 0.00259. The molecule has 0 heterocycles. The maximum absolute atomic E-state index is 9.46. The van der Waals surface area contributed by atoms with Crippen LogP contribution in [-0.4, -0.2) is 23.9 Å².